The van der Waals surface area contributed by atoms with Gasteiger partial charge in [0, 0.05) is 65.1 Å². The summed E-state index contributed by atoms with van der Waals surface area (Å²) in [5.74, 6) is -1.51. The minimum absolute atomic E-state index is 0.0237. The summed E-state index contributed by atoms with van der Waals surface area (Å²) in [4.78, 5) is 50.4. The van der Waals surface area contributed by atoms with Crippen molar-refractivity contribution in [3.05, 3.63) is 83.2 Å². The summed E-state index contributed by atoms with van der Waals surface area (Å²) < 4.78 is 11.0. The minimum Gasteiger partial charge on any atom is -0.465 e. The van der Waals surface area contributed by atoms with Gasteiger partial charge in [0.25, 0.3) is 17.7 Å². The molecule has 3 aliphatic rings. The Morgan fingerprint density at radius 1 is 1.00 bits per heavy atom. The molecular formula is C28H22N4O6. The van der Waals surface area contributed by atoms with Crippen molar-refractivity contribution in [1.82, 2.24) is 10.2 Å². The molecule has 10 nitrogen and oxygen atoms in total. The summed E-state index contributed by atoms with van der Waals surface area (Å²) in [7, 11) is 1.27. The molecule has 2 aromatic carbocycles. The average Bonchev–Trinajstić information content (AvgIpc) is 3.23. The van der Waals surface area contributed by atoms with E-state index in [-0.39, 0.29) is 29.6 Å². The third-order valence-electron chi connectivity index (χ3n) is 6.22. The molecule has 0 spiro atoms. The highest BCUT2D eigenvalue weighted by atomic mass is 16.5. The van der Waals surface area contributed by atoms with Gasteiger partial charge in [0.15, 0.2) is 0 Å². The molecule has 0 saturated heterocycles. The fraction of sp³-hybridized carbons (Fsp3) is 0.107. The molecule has 2 heterocycles. The van der Waals surface area contributed by atoms with Crippen molar-refractivity contribution < 1.29 is 28.3 Å². The number of imide groups is 1. The number of fused-ring (bicyclic) bond motifs is 2. The number of amides is 3. The van der Waals surface area contributed by atoms with E-state index in [9.17, 15) is 19.2 Å². The second-order valence-corrected chi connectivity index (χ2v) is 8.61. The molecule has 2 aliphatic heterocycles. The van der Waals surface area contributed by atoms with E-state index in [1.165, 1.54) is 31.4 Å². The van der Waals surface area contributed by atoms with E-state index in [1.54, 1.807) is 42.5 Å². The lowest BCUT2D eigenvalue weighted by molar-refractivity contribution is -0.136. The van der Waals surface area contributed by atoms with E-state index < -0.39 is 23.7 Å². The third-order valence-corrected chi connectivity index (χ3v) is 6.22. The highest BCUT2D eigenvalue weighted by molar-refractivity contribution is 6.13. The highest BCUT2D eigenvalue weighted by Gasteiger charge is 2.25. The van der Waals surface area contributed by atoms with Crippen molar-refractivity contribution in [2.24, 2.45) is 0 Å². The van der Waals surface area contributed by atoms with Gasteiger partial charge in [-0.2, -0.15) is 0 Å². The Labute approximate surface area is 216 Å². The maximum atomic E-state index is 13.0. The molecule has 3 amide bonds. The first-order valence-corrected chi connectivity index (χ1v) is 11.6. The largest absolute Gasteiger partial charge is 0.465 e. The van der Waals surface area contributed by atoms with Gasteiger partial charge in [-0.1, -0.05) is 0 Å². The van der Waals surface area contributed by atoms with Crippen LogP contribution in [0.25, 0.3) is 33.4 Å². The maximum Gasteiger partial charge on any atom is 0.338 e. The third kappa shape index (κ3) is 4.39. The molecule has 0 atom stereocenters. The molecule has 2 aromatic rings. The lowest BCUT2D eigenvalue weighted by Gasteiger charge is -2.18. The molecule has 190 valence electrons. The minimum atomic E-state index is -0.597. The Balaban J connectivity index is 1.60. The predicted molar refractivity (Wildman–Crippen MR) is 138 cm³/mol. The van der Waals surface area contributed by atoms with E-state index in [0.29, 0.717) is 39.1 Å². The molecular weight excluding hydrogens is 488 g/mol. The van der Waals surface area contributed by atoms with Crippen molar-refractivity contribution in [3.8, 4) is 22.5 Å². The molecule has 10 heteroatoms. The van der Waals surface area contributed by atoms with Gasteiger partial charge in [-0.05, 0) is 48.0 Å². The van der Waals surface area contributed by atoms with Crippen LogP contribution in [-0.4, -0.2) is 48.8 Å². The predicted octanol–water partition coefficient (Wildman–Crippen LogP) is 2.71. The smallest absolute Gasteiger partial charge is 0.338 e. The molecule has 0 bridgehead atoms. The zero-order valence-corrected chi connectivity index (χ0v) is 20.2. The summed E-state index contributed by atoms with van der Waals surface area (Å²) in [6.07, 6.45) is 2.36. The lowest BCUT2D eigenvalue weighted by Crippen LogP contribution is -2.38. The zero-order valence-electron chi connectivity index (χ0n) is 20.2. The van der Waals surface area contributed by atoms with Crippen LogP contribution in [0.5, 0.6) is 0 Å². The molecule has 0 aromatic heterocycles. The first-order chi connectivity index (χ1) is 18.3. The Hall–Kier alpha value is -5.25. The number of nitrogens with zero attached hydrogens (tertiary/aromatic N) is 1. The second kappa shape index (κ2) is 9.66. The van der Waals surface area contributed by atoms with Crippen LogP contribution in [0.2, 0.25) is 0 Å². The summed E-state index contributed by atoms with van der Waals surface area (Å²) in [6.45, 7) is 0.0730. The van der Waals surface area contributed by atoms with Gasteiger partial charge in [-0.3, -0.25) is 19.3 Å². The molecule has 4 N–H and O–H groups in total. The lowest BCUT2D eigenvalue weighted by atomic mass is 9.89. The number of nitrogen functional groups attached to an aromatic ring is 1. The SMILES string of the molecule is COC(=O)c1ccc(C(=O)NCCN2C(=O)C=CC2=O)cc1-c1c2ccc(=N)cc-2oc2cc(N)ccc12. The van der Waals surface area contributed by atoms with Crippen LogP contribution in [0.15, 0.2) is 71.2 Å². The van der Waals surface area contributed by atoms with E-state index in [1.807, 2.05) is 0 Å². The highest BCUT2D eigenvalue weighted by Crippen LogP contribution is 2.42. The van der Waals surface area contributed by atoms with Crippen LogP contribution in [0, 0.1) is 5.41 Å². The Morgan fingerprint density at radius 2 is 1.76 bits per heavy atom. The van der Waals surface area contributed by atoms with Gasteiger partial charge >= 0.3 is 5.97 Å². The van der Waals surface area contributed by atoms with Crippen LogP contribution in [0.3, 0.4) is 0 Å². The molecule has 5 rings (SSSR count). The fourth-order valence-electron chi connectivity index (χ4n) is 4.41. The summed E-state index contributed by atoms with van der Waals surface area (Å²) >= 11 is 0. The fourth-order valence-corrected chi connectivity index (χ4v) is 4.41. The average molecular weight is 511 g/mol. The van der Waals surface area contributed by atoms with Gasteiger partial charge in [-0.25, -0.2) is 4.79 Å². The number of nitrogens with one attached hydrogen (secondary N) is 2. The van der Waals surface area contributed by atoms with E-state index >= 15 is 0 Å². The Bertz CT molecular complexity index is 1690. The number of carbonyl (C=O) groups is 4. The monoisotopic (exact) mass is 510 g/mol. The molecule has 0 saturated carbocycles. The number of carbonyl (C=O) groups excluding carboxylic acids is 4. The molecule has 38 heavy (non-hydrogen) atoms. The van der Waals surface area contributed by atoms with Crippen LogP contribution < -0.4 is 16.4 Å². The van der Waals surface area contributed by atoms with Gasteiger partial charge in [0.2, 0.25) is 0 Å². The number of hydrogen-bond donors (Lipinski definition) is 3. The number of rotatable bonds is 6. The second-order valence-electron chi connectivity index (χ2n) is 8.61. The first kappa shape index (κ1) is 24.4. The van der Waals surface area contributed by atoms with Crippen molar-refractivity contribution >= 4 is 40.3 Å². The summed E-state index contributed by atoms with van der Waals surface area (Å²) in [5, 5.41) is 11.6. The van der Waals surface area contributed by atoms with Gasteiger partial charge in [0.1, 0.15) is 11.3 Å². The Morgan fingerprint density at radius 3 is 2.50 bits per heavy atom. The van der Waals surface area contributed by atoms with Crippen LogP contribution >= 0.6 is 0 Å². The molecule has 0 radical (unpaired) electrons. The van der Waals surface area contributed by atoms with Crippen LogP contribution in [0.1, 0.15) is 20.7 Å². The first-order valence-electron chi connectivity index (χ1n) is 11.6. The van der Waals surface area contributed by atoms with Crippen LogP contribution in [0.4, 0.5) is 5.69 Å². The quantitative estimate of drug-likeness (QED) is 0.156. The Kier molecular flexibility index (Phi) is 6.21. The van der Waals surface area contributed by atoms with Crippen molar-refractivity contribution in [2.75, 3.05) is 25.9 Å². The number of nitrogens with two attached hydrogens (primary N) is 1. The topological polar surface area (TPSA) is 156 Å². The number of methoxy groups -OCH3 is 1. The summed E-state index contributed by atoms with van der Waals surface area (Å²) in [6, 6.07) is 14.6. The number of anilines is 1. The molecule has 0 fully saturated rings. The van der Waals surface area contributed by atoms with Crippen molar-refractivity contribution in [1.29, 1.82) is 5.41 Å². The van der Waals surface area contributed by atoms with Crippen LogP contribution in [-0.2, 0) is 14.3 Å². The molecule has 1 aliphatic carbocycles. The van der Waals surface area contributed by atoms with Crippen molar-refractivity contribution in [3.63, 3.8) is 0 Å². The van der Waals surface area contributed by atoms with Crippen molar-refractivity contribution in [2.45, 2.75) is 0 Å². The number of esters is 1. The van der Waals surface area contributed by atoms with Gasteiger partial charge in [0.05, 0.1) is 18.0 Å². The normalized spacial score (nSPS) is 12.9. The zero-order chi connectivity index (χ0) is 27.0. The van der Waals surface area contributed by atoms with E-state index in [0.717, 1.165) is 4.90 Å². The summed E-state index contributed by atoms with van der Waals surface area (Å²) in [5.41, 5.74) is 9.03. The maximum absolute atomic E-state index is 13.0. The number of ether oxygens (including phenoxy) is 1. The van der Waals surface area contributed by atoms with E-state index in [4.69, 9.17) is 20.3 Å². The number of hydrogen-bond acceptors (Lipinski definition) is 8. The number of benzene rings is 3. The van der Waals surface area contributed by atoms with Gasteiger partial charge in [-0.15, -0.1) is 0 Å². The molecule has 0 unspecified atom stereocenters. The van der Waals surface area contributed by atoms with E-state index in [2.05, 4.69) is 5.32 Å². The van der Waals surface area contributed by atoms with Gasteiger partial charge < -0.3 is 25.6 Å². The standard InChI is InChI=1S/C28H22N4O6/c1-37-28(36)18-5-2-15(27(35)31-10-11-32-24(33)8-9-25(32)34)12-21(18)26-19-6-3-16(29)13-22(19)38-23-14-17(30)4-7-20(23)26/h2-9,12-14,29H,10-11,30H2,1H3,(H,31,35).